The summed E-state index contributed by atoms with van der Waals surface area (Å²) in [5.74, 6) is 1.18. The molecule has 0 bridgehead atoms. The van der Waals surface area contributed by atoms with E-state index in [4.69, 9.17) is 10.5 Å². The Morgan fingerprint density at radius 1 is 1.08 bits per heavy atom. The Bertz CT molecular complexity index is 696. The van der Waals surface area contributed by atoms with E-state index in [2.05, 4.69) is 24.5 Å². The predicted molar refractivity (Wildman–Crippen MR) is 98.4 cm³/mol. The van der Waals surface area contributed by atoms with E-state index in [1.54, 1.807) is 13.0 Å². The van der Waals surface area contributed by atoms with Crippen molar-refractivity contribution in [2.75, 3.05) is 11.1 Å². The van der Waals surface area contributed by atoms with Crippen LogP contribution in [0, 0.1) is 6.92 Å². The summed E-state index contributed by atoms with van der Waals surface area (Å²) in [6.45, 7) is 7.99. The van der Waals surface area contributed by atoms with Gasteiger partial charge in [-0.3, -0.25) is 0 Å². The molecule has 0 heterocycles. The standard InChI is InChI=1S/C19H25N3O2/c1-12(2)15-6-8-16(9-7-15)24-14(4)21-19(23)22-18-11-13(3)5-10-17(18)20/h5-12,14H,20H2,1-4H3,(H2,21,22,23). The molecule has 0 aliphatic rings. The van der Waals surface area contributed by atoms with Gasteiger partial charge in [0.2, 0.25) is 0 Å². The van der Waals surface area contributed by atoms with Crippen molar-refractivity contribution in [3.05, 3.63) is 53.6 Å². The molecule has 0 fully saturated rings. The molecule has 5 heteroatoms. The molecule has 2 aromatic rings. The zero-order valence-corrected chi connectivity index (χ0v) is 14.6. The number of anilines is 2. The van der Waals surface area contributed by atoms with Crippen LogP contribution in [0.5, 0.6) is 5.75 Å². The third kappa shape index (κ3) is 4.91. The SMILES string of the molecule is Cc1ccc(N)c(NC(=O)NC(C)Oc2ccc(C(C)C)cc2)c1. The molecule has 24 heavy (non-hydrogen) atoms. The molecule has 2 aromatic carbocycles. The van der Waals surface area contributed by atoms with Crippen LogP contribution in [0.1, 0.15) is 37.8 Å². The molecule has 1 atom stereocenters. The molecule has 0 radical (unpaired) electrons. The third-order valence-electron chi connectivity index (χ3n) is 3.65. The van der Waals surface area contributed by atoms with Gasteiger partial charge < -0.3 is 21.1 Å². The van der Waals surface area contributed by atoms with Crippen LogP contribution in [0.4, 0.5) is 16.2 Å². The van der Waals surface area contributed by atoms with Crippen LogP contribution in [0.25, 0.3) is 0 Å². The van der Waals surface area contributed by atoms with Crippen LogP contribution in [0.2, 0.25) is 0 Å². The minimum atomic E-state index is -0.471. The van der Waals surface area contributed by atoms with Crippen molar-refractivity contribution in [1.82, 2.24) is 5.32 Å². The van der Waals surface area contributed by atoms with Crippen molar-refractivity contribution in [3.63, 3.8) is 0 Å². The number of nitrogens with one attached hydrogen (secondary N) is 2. The summed E-state index contributed by atoms with van der Waals surface area (Å²) in [6.07, 6.45) is -0.471. The number of urea groups is 1. The van der Waals surface area contributed by atoms with Crippen LogP contribution in [0.3, 0.4) is 0 Å². The van der Waals surface area contributed by atoms with E-state index in [0.717, 1.165) is 5.56 Å². The number of nitrogens with two attached hydrogens (primary N) is 1. The lowest BCUT2D eigenvalue weighted by Gasteiger charge is -2.18. The van der Waals surface area contributed by atoms with Gasteiger partial charge in [-0.15, -0.1) is 0 Å². The molecule has 0 saturated heterocycles. The number of ether oxygens (including phenoxy) is 1. The number of carbonyl (C=O) groups is 1. The van der Waals surface area contributed by atoms with Gasteiger partial charge in [-0.05, 0) is 55.2 Å². The first kappa shape index (κ1) is 17.7. The van der Waals surface area contributed by atoms with E-state index < -0.39 is 6.23 Å². The van der Waals surface area contributed by atoms with E-state index in [9.17, 15) is 4.79 Å². The Labute approximate surface area is 143 Å². The first-order chi connectivity index (χ1) is 11.3. The molecular formula is C19H25N3O2. The van der Waals surface area contributed by atoms with E-state index in [1.165, 1.54) is 5.56 Å². The van der Waals surface area contributed by atoms with Gasteiger partial charge in [-0.1, -0.05) is 32.0 Å². The van der Waals surface area contributed by atoms with Crippen molar-refractivity contribution in [2.45, 2.75) is 39.8 Å². The molecule has 4 N–H and O–H groups in total. The highest BCUT2D eigenvalue weighted by atomic mass is 16.5. The van der Waals surface area contributed by atoms with Gasteiger partial charge in [0.05, 0.1) is 11.4 Å². The highest BCUT2D eigenvalue weighted by Gasteiger charge is 2.10. The molecule has 0 spiro atoms. The number of nitrogen functional groups attached to an aromatic ring is 1. The van der Waals surface area contributed by atoms with Gasteiger partial charge in [0, 0.05) is 0 Å². The molecule has 0 aliphatic carbocycles. The van der Waals surface area contributed by atoms with Crippen LogP contribution < -0.4 is 21.1 Å². The third-order valence-corrected chi connectivity index (χ3v) is 3.65. The van der Waals surface area contributed by atoms with E-state index in [0.29, 0.717) is 23.0 Å². The van der Waals surface area contributed by atoms with Crippen molar-refractivity contribution in [3.8, 4) is 5.75 Å². The summed E-state index contributed by atoms with van der Waals surface area (Å²) >= 11 is 0. The van der Waals surface area contributed by atoms with Crippen LogP contribution in [-0.2, 0) is 0 Å². The fourth-order valence-electron chi connectivity index (χ4n) is 2.29. The van der Waals surface area contributed by atoms with Gasteiger partial charge in [-0.2, -0.15) is 0 Å². The van der Waals surface area contributed by atoms with Crippen LogP contribution in [0.15, 0.2) is 42.5 Å². The highest BCUT2D eigenvalue weighted by Crippen LogP contribution is 2.20. The molecule has 2 amide bonds. The molecular weight excluding hydrogens is 302 g/mol. The topological polar surface area (TPSA) is 76.4 Å². The Hall–Kier alpha value is -2.69. The first-order valence-electron chi connectivity index (χ1n) is 8.05. The molecule has 128 valence electrons. The second-order valence-corrected chi connectivity index (χ2v) is 6.17. The summed E-state index contributed by atoms with van der Waals surface area (Å²) < 4.78 is 5.71. The van der Waals surface area contributed by atoms with Gasteiger partial charge in [-0.25, -0.2) is 4.79 Å². The number of amides is 2. The largest absolute Gasteiger partial charge is 0.471 e. The van der Waals surface area contributed by atoms with Gasteiger partial charge in [0.1, 0.15) is 5.75 Å². The number of benzene rings is 2. The van der Waals surface area contributed by atoms with E-state index in [-0.39, 0.29) is 6.03 Å². The summed E-state index contributed by atoms with van der Waals surface area (Å²) in [6, 6.07) is 13.0. The number of carbonyl (C=O) groups excluding carboxylic acids is 1. The first-order valence-corrected chi connectivity index (χ1v) is 8.05. The lowest BCUT2D eigenvalue weighted by atomic mass is 10.0. The predicted octanol–water partition coefficient (Wildman–Crippen LogP) is 4.25. The van der Waals surface area contributed by atoms with Gasteiger partial charge in [0.25, 0.3) is 0 Å². The molecule has 5 nitrogen and oxygen atoms in total. The maximum atomic E-state index is 12.1. The van der Waals surface area contributed by atoms with Gasteiger partial charge in [0.15, 0.2) is 6.23 Å². The molecule has 0 aromatic heterocycles. The number of hydrogen-bond acceptors (Lipinski definition) is 3. The normalized spacial score (nSPS) is 11.9. The Morgan fingerprint density at radius 2 is 1.75 bits per heavy atom. The van der Waals surface area contributed by atoms with Crippen LogP contribution in [-0.4, -0.2) is 12.3 Å². The van der Waals surface area contributed by atoms with Crippen molar-refractivity contribution < 1.29 is 9.53 Å². The van der Waals surface area contributed by atoms with Crippen molar-refractivity contribution in [1.29, 1.82) is 0 Å². The number of hydrogen-bond donors (Lipinski definition) is 3. The smallest absolute Gasteiger partial charge is 0.322 e. The molecule has 1 unspecified atom stereocenters. The Morgan fingerprint density at radius 3 is 2.38 bits per heavy atom. The average Bonchev–Trinajstić information content (AvgIpc) is 2.51. The van der Waals surface area contributed by atoms with Gasteiger partial charge >= 0.3 is 6.03 Å². The Kier molecular flexibility index (Phi) is 5.68. The maximum Gasteiger partial charge on any atom is 0.322 e. The fourth-order valence-corrected chi connectivity index (χ4v) is 2.29. The lowest BCUT2D eigenvalue weighted by molar-refractivity contribution is 0.183. The fraction of sp³-hybridized carbons (Fsp3) is 0.316. The average molecular weight is 327 g/mol. The summed E-state index contributed by atoms with van der Waals surface area (Å²) in [5.41, 5.74) is 9.23. The minimum Gasteiger partial charge on any atom is -0.471 e. The molecule has 0 aliphatic heterocycles. The van der Waals surface area contributed by atoms with E-state index in [1.807, 2.05) is 43.3 Å². The zero-order valence-electron chi connectivity index (χ0n) is 14.6. The number of rotatable bonds is 5. The highest BCUT2D eigenvalue weighted by molar-refractivity contribution is 5.92. The Balaban J connectivity index is 1.90. The summed E-state index contributed by atoms with van der Waals surface area (Å²) in [7, 11) is 0. The van der Waals surface area contributed by atoms with Crippen molar-refractivity contribution in [2.24, 2.45) is 0 Å². The molecule has 2 rings (SSSR count). The maximum absolute atomic E-state index is 12.1. The monoisotopic (exact) mass is 327 g/mol. The summed E-state index contributed by atoms with van der Waals surface area (Å²) in [4.78, 5) is 12.1. The quantitative estimate of drug-likeness (QED) is 0.567. The minimum absolute atomic E-state index is 0.362. The van der Waals surface area contributed by atoms with Crippen LogP contribution >= 0.6 is 0 Å². The zero-order chi connectivity index (χ0) is 17.7. The number of aryl methyl sites for hydroxylation is 1. The van der Waals surface area contributed by atoms with E-state index >= 15 is 0 Å². The summed E-state index contributed by atoms with van der Waals surface area (Å²) in [5, 5.41) is 5.47. The lowest BCUT2D eigenvalue weighted by Crippen LogP contribution is -2.39. The van der Waals surface area contributed by atoms with Crippen molar-refractivity contribution >= 4 is 17.4 Å². The second-order valence-electron chi connectivity index (χ2n) is 6.17. The molecule has 0 saturated carbocycles. The second kappa shape index (κ2) is 7.73.